The molecule has 2 heterocycles. The number of halogens is 4. The fourth-order valence-corrected chi connectivity index (χ4v) is 4.42. The van der Waals surface area contributed by atoms with Crippen LogP contribution in [0.4, 0.5) is 39.5 Å². The molecule has 39 heavy (non-hydrogen) atoms. The van der Waals surface area contributed by atoms with Crippen molar-refractivity contribution in [3.05, 3.63) is 89.4 Å². The van der Waals surface area contributed by atoms with Crippen molar-refractivity contribution in [3.63, 3.8) is 0 Å². The third-order valence-corrected chi connectivity index (χ3v) is 6.39. The van der Waals surface area contributed by atoms with Crippen LogP contribution in [0.1, 0.15) is 40.7 Å². The van der Waals surface area contributed by atoms with Crippen molar-refractivity contribution < 1.29 is 27.2 Å². The summed E-state index contributed by atoms with van der Waals surface area (Å²) in [6.45, 7) is 1.76. The topological polar surface area (TPSA) is 87.2 Å². The minimum Gasteiger partial charge on any atom is -0.355 e. The van der Waals surface area contributed by atoms with Crippen LogP contribution in [0.25, 0.3) is 11.0 Å². The van der Waals surface area contributed by atoms with Crippen LogP contribution in [0.15, 0.2) is 66.9 Å². The third kappa shape index (κ3) is 5.97. The zero-order valence-corrected chi connectivity index (χ0v) is 20.6. The second kappa shape index (κ2) is 10.7. The Kier molecular flexibility index (Phi) is 7.14. The lowest BCUT2D eigenvalue weighted by Crippen LogP contribution is -2.30. The van der Waals surface area contributed by atoms with Gasteiger partial charge >= 0.3 is 12.2 Å². The second-order valence-electron chi connectivity index (χ2n) is 9.16. The van der Waals surface area contributed by atoms with Crippen LogP contribution in [0.5, 0.6) is 0 Å². The molecule has 0 aliphatic carbocycles. The van der Waals surface area contributed by atoms with Gasteiger partial charge in [0.15, 0.2) is 5.78 Å². The van der Waals surface area contributed by atoms with Gasteiger partial charge in [0.2, 0.25) is 0 Å². The maximum atomic E-state index is 14.7. The first-order valence-electron chi connectivity index (χ1n) is 12.3. The molecule has 1 fully saturated rings. The number of nitrogens with zero attached hydrogens (tertiary/aromatic N) is 3. The Hall–Kier alpha value is -4.54. The first-order chi connectivity index (χ1) is 18.7. The maximum absolute atomic E-state index is 14.7. The lowest BCUT2D eigenvalue weighted by atomic mass is 10.0. The van der Waals surface area contributed by atoms with Crippen LogP contribution >= 0.6 is 0 Å². The minimum atomic E-state index is -4.57. The Bertz CT molecular complexity index is 1550. The summed E-state index contributed by atoms with van der Waals surface area (Å²) in [5.41, 5.74) is 0.0779. The molecule has 0 atom stereocenters. The van der Waals surface area contributed by atoms with Gasteiger partial charge in [-0.15, -0.1) is 0 Å². The van der Waals surface area contributed by atoms with Crippen molar-refractivity contribution in [3.8, 4) is 0 Å². The normalized spacial score (nSPS) is 13.8. The molecule has 0 saturated carbocycles. The molecule has 200 valence electrons. The van der Waals surface area contributed by atoms with Crippen LogP contribution in [0.2, 0.25) is 0 Å². The summed E-state index contributed by atoms with van der Waals surface area (Å²) in [5.74, 6) is -0.699. The average molecular weight is 538 g/mol. The number of hydrogen-bond acceptors (Lipinski definition) is 5. The van der Waals surface area contributed by atoms with E-state index in [1.54, 1.807) is 18.3 Å². The molecule has 3 aromatic carbocycles. The van der Waals surface area contributed by atoms with Crippen molar-refractivity contribution >= 4 is 40.0 Å². The van der Waals surface area contributed by atoms with Crippen LogP contribution in [-0.2, 0) is 6.18 Å². The molecule has 0 bridgehead atoms. The minimum absolute atomic E-state index is 0.0807. The lowest BCUT2D eigenvalue weighted by Gasteiger charge is -2.27. The van der Waals surface area contributed by atoms with Crippen LogP contribution in [0.3, 0.4) is 0 Å². The summed E-state index contributed by atoms with van der Waals surface area (Å²) in [7, 11) is 0. The summed E-state index contributed by atoms with van der Waals surface area (Å²) >= 11 is 0. The number of aromatic nitrogens is 2. The Morgan fingerprint density at radius 2 is 1.59 bits per heavy atom. The number of ketones is 1. The van der Waals surface area contributed by atoms with Crippen molar-refractivity contribution in [2.75, 3.05) is 28.6 Å². The molecule has 4 aromatic rings. The molecule has 7 nitrogen and oxygen atoms in total. The van der Waals surface area contributed by atoms with Gasteiger partial charge in [-0.1, -0.05) is 6.07 Å². The van der Waals surface area contributed by atoms with Gasteiger partial charge in [-0.25, -0.2) is 14.2 Å². The van der Waals surface area contributed by atoms with Gasteiger partial charge in [-0.3, -0.25) is 9.78 Å². The van der Waals surface area contributed by atoms with Gasteiger partial charge in [0.1, 0.15) is 11.6 Å². The average Bonchev–Trinajstić information content (AvgIpc) is 2.93. The fourth-order valence-electron chi connectivity index (χ4n) is 4.42. The molecular formula is C28H23F4N5O2. The van der Waals surface area contributed by atoms with E-state index in [1.165, 1.54) is 30.7 Å². The smallest absolute Gasteiger partial charge is 0.355 e. The monoisotopic (exact) mass is 537 g/mol. The Balaban J connectivity index is 1.34. The molecule has 1 saturated heterocycles. The Morgan fingerprint density at radius 1 is 0.846 bits per heavy atom. The predicted octanol–water partition coefficient (Wildman–Crippen LogP) is 6.65. The van der Waals surface area contributed by atoms with E-state index in [1.807, 2.05) is 0 Å². The van der Waals surface area contributed by atoms with Gasteiger partial charge in [0.05, 0.1) is 28.4 Å². The first-order valence-corrected chi connectivity index (χ1v) is 12.3. The number of carbonyl (C=O) groups is 2. The molecule has 5 rings (SSSR count). The maximum Gasteiger partial charge on any atom is 0.416 e. The number of rotatable bonds is 5. The number of hydrogen-bond donors (Lipinski definition) is 2. The van der Waals surface area contributed by atoms with Crippen LogP contribution < -0.4 is 15.5 Å². The summed E-state index contributed by atoms with van der Waals surface area (Å²) in [5, 5.41) is 4.72. The first kappa shape index (κ1) is 26.1. The molecule has 0 radical (unpaired) electrons. The zero-order valence-electron chi connectivity index (χ0n) is 20.6. The van der Waals surface area contributed by atoms with Crippen molar-refractivity contribution in [2.45, 2.75) is 25.4 Å². The fraction of sp³-hybridized carbons (Fsp3) is 0.214. The lowest BCUT2D eigenvalue weighted by molar-refractivity contribution is -0.137. The zero-order chi connectivity index (χ0) is 27.6. The van der Waals surface area contributed by atoms with E-state index < -0.39 is 29.4 Å². The van der Waals surface area contributed by atoms with Gasteiger partial charge in [-0.05, 0) is 73.9 Å². The Morgan fingerprint density at radius 3 is 2.33 bits per heavy atom. The number of benzene rings is 3. The van der Waals surface area contributed by atoms with Gasteiger partial charge in [0, 0.05) is 30.0 Å². The largest absolute Gasteiger partial charge is 0.416 e. The molecule has 0 spiro atoms. The Labute approximate surface area is 220 Å². The molecule has 1 aliphatic rings. The number of piperidine rings is 1. The van der Waals surface area contributed by atoms with E-state index in [0.29, 0.717) is 11.0 Å². The molecule has 1 aliphatic heterocycles. The van der Waals surface area contributed by atoms with Crippen molar-refractivity contribution in [2.24, 2.45) is 0 Å². The molecule has 2 N–H and O–H groups in total. The summed E-state index contributed by atoms with van der Waals surface area (Å²) in [6, 6.07) is 11.4. The van der Waals surface area contributed by atoms with E-state index >= 15 is 0 Å². The highest BCUT2D eigenvalue weighted by Gasteiger charge is 2.30. The highest BCUT2D eigenvalue weighted by molar-refractivity contribution is 6.11. The number of alkyl halides is 3. The molecule has 11 heteroatoms. The SMILES string of the molecule is O=C(Nc1cccc(C(F)(F)F)c1)Nc1ccc(F)c(C(=O)c2ccc3ncc(N4CCCCC4)nc3c2)c1. The van der Waals surface area contributed by atoms with Gasteiger partial charge in [0.25, 0.3) is 0 Å². The number of nitrogens with one attached hydrogen (secondary N) is 2. The highest BCUT2D eigenvalue weighted by atomic mass is 19.4. The van der Waals surface area contributed by atoms with E-state index in [9.17, 15) is 27.2 Å². The second-order valence-corrected chi connectivity index (χ2v) is 9.16. The molecule has 2 amide bonds. The standard InChI is InChI=1S/C28H23F4N5O2/c29-22-9-8-20(35-27(39)34-19-6-4-5-18(14-19)28(30,31)32)15-21(22)26(38)17-7-10-23-24(13-17)36-25(16-33-23)37-11-2-1-3-12-37/h4-10,13-16H,1-3,11-12H2,(H2,34,35,39). The summed E-state index contributed by atoms with van der Waals surface area (Å²) in [6.07, 6.45) is 0.445. The van der Waals surface area contributed by atoms with Gasteiger partial charge in [-0.2, -0.15) is 13.2 Å². The van der Waals surface area contributed by atoms with Crippen molar-refractivity contribution in [1.82, 2.24) is 9.97 Å². The molecular weight excluding hydrogens is 514 g/mol. The van der Waals surface area contributed by atoms with E-state index in [4.69, 9.17) is 0 Å². The van der Waals surface area contributed by atoms with Crippen LogP contribution in [-0.4, -0.2) is 34.9 Å². The van der Waals surface area contributed by atoms with E-state index in [0.717, 1.165) is 56.0 Å². The highest BCUT2D eigenvalue weighted by Crippen LogP contribution is 2.31. The van der Waals surface area contributed by atoms with E-state index in [-0.39, 0.29) is 22.5 Å². The summed E-state index contributed by atoms with van der Waals surface area (Å²) in [4.78, 5) is 36.9. The van der Waals surface area contributed by atoms with Crippen molar-refractivity contribution in [1.29, 1.82) is 0 Å². The number of anilines is 3. The summed E-state index contributed by atoms with van der Waals surface area (Å²) < 4.78 is 53.5. The third-order valence-electron chi connectivity index (χ3n) is 6.39. The van der Waals surface area contributed by atoms with E-state index in [2.05, 4.69) is 25.5 Å². The molecule has 0 unspecified atom stereocenters. The number of urea groups is 1. The number of fused-ring (bicyclic) bond motifs is 1. The quantitative estimate of drug-likeness (QED) is 0.220. The number of carbonyl (C=O) groups excluding carboxylic acids is 2. The number of amides is 2. The van der Waals surface area contributed by atoms with Crippen LogP contribution in [0, 0.1) is 5.82 Å². The van der Waals surface area contributed by atoms with Gasteiger partial charge < -0.3 is 15.5 Å². The molecule has 1 aromatic heterocycles. The predicted molar refractivity (Wildman–Crippen MR) is 140 cm³/mol.